The zero-order valence-electron chi connectivity index (χ0n) is 17.1. The average molecular weight is 403 g/mol. The lowest BCUT2D eigenvalue weighted by Crippen LogP contribution is -2.31. The molecule has 1 aliphatic carbocycles. The van der Waals surface area contributed by atoms with Crippen LogP contribution in [0.4, 0.5) is 0 Å². The summed E-state index contributed by atoms with van der Waals surface area (Å²) in [5.41, 5.74) is 7.50. The molecule has 140 valence electrons. The number of ketones is 1. The number of hydrogen-bond donors (Lipinski definition) is 0. The standard InChI is InChI=1S/C22H31ClOSi2/c1-22(23)20(17-11-9-8-10-12-17)18(13-15-25(2,3)4)19(21(22)24)14-16-26(5,6)7/h8-16,20H,1-7H3/b15-13+,16-14+. The highest BCUT2D eigenvalue weighted by atomic mass is 35.5. The quantitative estimate of drug-likeness (QED) is 0.405. The largest absolute Gasteiger partial charge is 0.292 e. The summed E-state index contributed by atoms with van der Waals surface area (Å²) in [6.45, 7) is 15.6. The number of allylic oxidation sites excluding steroid dienone is 4. The summed E-state index contributed by atoms with van der Waals surface area (Å²) in [5.74, 6) is -0.0792. The summed E-state index contributed by atoms with van der Waals surface area (Å²) >= 11 is 6.87. The van der Waals surface area contributed by atoms with Crippen LogP contribution in [-0.2, 0) is 4.79 Å². The van der Waals surface area contributed by atoms with Gasteiger partial charge in [0.05, 0.1) is 16.1 Å². The fourth-order valence-electron chi connectivity index (χ4n) is 3.14. The first-order valence-electron chi connectivity index (χ1n) is 9.24. The molecule has 2 unspecified atom stereocenters. The lowest BCUT2D eigenvalue weighted by Gasteiger charge is -2.25. The Morgan fingerprint density at radius 2 is 1.42 bits per heavy atom. The summed E-state index contributed by atoms with van der Waals surface area (Å²) in [6.07, 6.45) is 4.22. The number of halogens is 1. The molecule has 0 N–H and O–H groups in total. The molecule has 1 nitrogen and oxygen atoms in total. The lowest BCUT2D eigenvalue weighted by molar-refractivity contribution is -0.116. The predicted molar refractivity (Wildman–Crippen MR) is 120 cm³/mol. The Labute approximate surface area is 165 Å². The molecule has 2 rings (SSSR count). The van der Waals surface area contributed by atoms with Gasteiger partial charge in [-0.05, 0) is 18.1 Å². The second-order valence-electron chi connectivity index (χ2n) is 9.52. The molecule has 0 saturated carbocycles. The second-order valence-corrected chi connectivity index (χ2v) is 20.4. The summed E-state index contributed by atoms with van der Waals surface area (Å²) < 4.78 is 0. The smallest absolute Gasteiger partial charge is 0.184 e. The molecule has 0 bridgehead atoms. The number of Topliss-reactive ketones (excluding diaryl/α,β-unsaturated/α-hetero) is 1. The lowest BCUT2D eigenvalue weighted by atomic mass is 9.85. The fraction of sp³-hybridized carbons (Fsp3) is 0.409. The van der Waals surface area contributed by atoms with Gasteiger partial charge in [-0.3, -0.25) is 4.79 Å². The van der Waals surface area contributed by atoms with Crippen molar-refractivity contribution < 1.29 is 4.79 Å². The number of alkyl halides is 1. The molecule has 1 aromatic carbocycles. The van der Waals surface area contributed by atoms with Crippen LogP contribution in [0.15, 0.2) is 65.0 Å². The van der Waals surface area contributed by atoms with Gasteiger partial charge >= 0.3 is 0 Å². The Bertz CT molecular complexity index is 760. The molecule has 0 aromatic heterocycles. The third-order valence-electron chi connectivity index (χ3n) is 4.50. The molecule has 0 aliphatic heterocycles. The molecule has 26 heavy (non-hydrogen) atoms. The van der Waals surface area contributed by atoms with Crippen LogP contribution in [0, 0.1) is 0 Å². The van der Waals surface area contributed by atoms with Crippen molar-refractivity contribution in [2.75, 3.05) is 0 Å². The van der Waals surface area contributed by atoms with Crippen LogP contribution >= 0.6 is 11.6 Å². The summed E-state index contributed by atoms with van der Waals surface area (Å²) in [6, 6.07) is 10.2. The zero-order valence-corrected chi connectivity index (χ0v) is 19.8. The number of rotatable bonds is 5. The van der Waals surface area contributed by atoms with Crippen LogP contribution < -0.4 is 0 Å². The SMILES string of the molecule is CC1(Cl)C(=O)C(/C=C/[Si](C)(C)C)=C(/C=C/[Si](C)(C)C)C1c1ccccc1. The molecule has 0 spiro atoms. The molecule has 4 heteroatoms. The molecule has 0 fully saturated rings. The van der Waals surface area contributed by atoms with Crippen LogP contribution in [0.5, 0.6) is 0 Å². The van der Waals surface area contributed by atoms with E-state index in [-0.39, 0.29) is 11.7 Å². The maximum absolute atomic E-state index is 13.2. The van der Waals surface area contributed by atoms with Gasteiger partial charge in [0.1, 0.15) is 4.87 Å². The van der Waals surface area contributed by atoms with Gasteiger partial charge in [-0.15, -0.1) is 11.6 Å². The van der Waals surface area contributed by atoms with Gasteiger partial charge < -0.3 is 0 Å². The number of carbonyl (C=O) groups excluding carboxylic acids is 1. The molecule has 0 amide bonds. The molecular weight excluding hydrogens is 372 g/mol. The Kier molecular flexibility index (Phi) is 6.06. The number of carbonyl (C=O) groups is 1. The van der Waals surface area contributed by atoms with E-state index in [9.17, 15) is 4.79 Å². The average Bonchev–Trinajstić information content (AvgIpc) is 2.69. The monoisotopic (exact) mass is 402 g/mol. The number of hydrogen-bond acceptors (Lipinski definition) is 1. The highest BCUT2D eigenvalue weighted by Gasteiger charge is 2.49. The van der Waals surface area contributed by atoms with Gasteiger partial charge in [0, 0.05) is 11.5 Å². The Morgan fingerprint density at radius 3 is 1.92 bits per heavy atom. The second kappa shape index (κ2) is 7.45. The van der Waals surface area contributed by atoms with E-state index in [0.29, 0.717) is 0 Å². The van der Waals surface area contributed by atoms with Gasteiger partial charge in [0.25, 0.3) is 0 Å². The van der Waals surface area contributed by atoms with Crippen LogP contribution in [-0.4, -0.2) is 26.8 Å². The first-order valence-corrected chi connectivity index (χ1v) is 16.8. The highest BCUT2D eigenvalue weighted by molar-refractivity contribution is 6.81. The molecule has 2 atom stereocenters. The van der Waals surface area contributed by atoms with Crippen LogP contribution in [0.3, 0.4) is 0 Å². The molecule has 1 aromatic rings. The molecule has 0 saturated heterocycles. The van der Waals surface area contributed by atoms with Crippen molar-refractivity contribution in [1.29, 1.82) is 0 Å². The molecule has 1 aliphatic rings. The van der Waals surface area contributed by atoms with Crippen molar-refractivity contribution >= 4 is 33.5 Å². The first-order chi connectivity index (χ1) is 11.8. The third-order valence-corrected chi connectivity index (χ3v) is 7.22. The van der Waals surface area contributed by atoms with E-state index in [1.54, 1.807) is 0 Å². The molecule has 0 radical (unpaired) electrons. The van der Waals surface area contributed by atoms with Gasteiger partial charge in [0.2, 0.25) is 0 Å². The Morgan fingerprint density at radius 1 is 0.923 bits per heavy atom. The number of benzene rings is 1. The van der Waals surface area contributed by atoms with Crippen molar-refractivity contribution in [1.82, 2.24) is 0 Å². The summed E-state index contributed by atoms with van der Waals surface area (Å²) in [5, 5.41) is 0. The van der Waals surface area contributed by atoms with Crippen molar-refractivity contribution in [3.05, 3.63) is 70.6 Å². The van der Waals surface area contributed by atoms with E-state index in [1.807, 2.05) is 31.2 Å². The van der Waals surface area contributed by atoms with E-state index < -0.39 is 21.0 Å². The minimum atomic E-state index is -1.42. The summed E-state index contributed by atoms with van der Waals surface area (Å²) in [4.78, 5) is 12.3. The maximum Gasteiger partial charge on any atom is 0.184 e. The van der Waals surface area contributed by atoms with Gasteiger partial charge in [-0.2, -0.15) is 0 Å². The maximum atomic E-state index is 13.2. The zero-order chi connectivity index (χ0) is 19.8. The third kappa shape index (κ3) is 4.96. The first kappa shape index (κ1) is 21.1. The van der Waals surface area contributed by atoms with Gasteiger partial charge in [-0.25, -0.2) is 0 Å². The van der Waals surface area contributed by atoms with E-state index in [2.05, 4.69) is 68.9 Å². The van der Waals surface area contributed by atoms with E-state index in [0.717, 1.165) is 16.7 Å². The predicted octanol–water partition coefficient (Wildman–Crippen LogP) is 6.51. The van der Waals surface area contributed by atoms with Crippen LogP contribution in [0.2, 0.25) is 39.3 Å². The topological polar surface area (TPSA) is 17.1 Å². The van der Waals surface area contributed by atoms with Crippen molar-refractivity contribution in [3.63, 3.8) is 0 Å². The van der Waals surface area contributed by atoms with Crippen molar-refractivity contribution in [2.24, 2.45) is 0 Å². The van der Waals surface area contributed by atoms with Crippen LogP contribution in [0.1, 0.15) is 18.4 Å². The fourth-order valence-corrected chi connectivity index (χ4v) is 4.83. The van der Waals surface area contributed by atoms with E-state index in [4.69, 9.17) is 11.6 Å². The van der Waals surface area contributed by atoms with Crippen molar-refractivity contribution in [3.8, 4) is 0 Å². The Balaban J connectivity index is 2.67. The van der Waals surface area contributed by atoms with Gasteiger partial charge in [-0.1, -0.05) is 93.2 Å². The normalized spacial score (nSPS) is 25.1. The minimum Gasteiger partial charge on any atom is -0.292 e. The molecule has 0 heterocycles. The molecular formula is C22H31ClOSi2. The summed E-state index contributed by atoms with van der Waals surface area (Å²) in [7, 11) is -2.81. The minimum absolute atomic E-state index is 0.0396. The Hall–Kier alpha value is -1.17. The highest BCUT2D eigenvalue weighted by Crippen LogP contribution is 2.49. The van der Waals surface area contributed by atoms with Crippen LogP contribution in [0.25, 0.3) is 0 Å². The van der Waals surface area contributed by atoms with Gasteiger partial charge in [0.15, 0.2) is 5.78 Å². The van der Waals surface area contributed by atoms with E-state index in [1.165, 1.54) is 0 Å². The van der Waals surface area contributed by atoms with Crippen molar-refractivity contribution in [2.45, 2.75) is 57.0 Å². The van der Waals surface area contributed by atoms with E-state index >= 15 is 0 Å².